The summed E-state index contributed by atoms with van der Waals surface area (Å²) in [6.07, 6.45) is 5.15. The number of aromatic nitrogens is 3. The van der Waals surface area contributed by atoms with Crippen LogP contribution in [0.4, 0.5) is 25.1 Å². The molecule has 1 fully saturated rings. The van der Waals surface area contributed by atoms with Crippen LogP contribution in [0.1, 0.15) is 35.2 Å². The number of carbonyl (C=O) groups is 2. The second-order valence-electron chi connectivity index (χ2n) is 10.4. The van der Waals surface area contributed by atoms with Gasteiger partial charge in [0.2, 0.25) is 5.92 Å². The van der Waals surface area contributed by atoms with Crippen molar-refractivity contribution in [3.05, 3.63) is 54.0 Å². The summed E-state index contributed by atoms with van der Waals surface area (Å²) in [4.78, 5) is 32.6. The molecule has 1 saturated heterocycles. The van der Waals surface area contributed by atoms with Gasteiger partial charge in [0.05, 0.1) is 28.0 Å². The number of rotatable bonds is 8. The van der Waals surface area contributed by atoms with E-state index in [1.165, 1.54) is 13.3 Å². The number of nitrogens with one attached hydrogen (secondary N) is 1. The number of pyridine rings is 1. The van der Waals surface area contributed by atoms with Gasteiger partial charge in [-0.25, -0.2) is 27.1 Å². The van der Waals surface area contributed by atoms with Gasteiger partial charge in [-0.15, -0.1) is 0 Å². The van der Waals surface area contributed by atoms with E-state index >= 15 is 0 Å². The minimum absolute atomic E-state index is 0.0406. The van der Waals surface area contributed by atoms with Crippen LogP contribution in [-0.4, -0.2) is 86.4 Å². The molecule has 3 aromatic rings. The molecule has 1 aliphatic rings. The highest BCUT2D eigenvalue weighted by Crippen LogP contribution is 2.34. The maximum absolute atomic E-state index is 14.2. The molecule has 4 rings (SSSR count). The molecule has 11 nitrogen and oxygen atoms in total. The van der Waals surface area contributed by atoms with Crippen LogP contribution in [0.3, 0.4) is 0 Å². The Balaban J connectivity index is 1.67. The van der Waals surface area contributed by atoms with Gasteiger partial charge < -0.3 is 20.2 Å². The van der Waals surface area contributed by atoms with Crippen molar-refractivity contribution in [1.29, 1.82) is 0 Å². The molecular formula is C28H35F2N7O4S. The maximum Gasteiger partial charge on any atom is 0.407 e. The van der Waals surface area contributed by atoms with Crippen molar-refractivity contribution in [1.82, 2.24) is 19.7 Å². The summed E-state index contributed by atoms with van der Waals surface area (Å²) in [5, 5.41) is 16.1. The minimum atomic E-state index is -2.89. The molecular weight excluding hydrogens is 568 g/mol. The zero-order valence-electron chi connectivity index (χ0n) is 24.0. The fraction of sp³-hybridized carbons (Fsp3) is 0.429. The number of likely N-dealkylation sites (N-methyl/N-ethyl adjacent to an activating group) is 1. The standard InChI is InChI=1S/C28H35F2N7O4S/c1-19-23(20-16-32-36(3)18-20)17-31-25(37-12-6-9-28(29,30)10-13-37)24(19)26(38)34-21-7-5-8-22(15-21)42(4,41)33-11-14-35(2)27(39)40/h5,7-8,15-18H,6,9-14H2,1-4H3,(H,34,38)(H,39,40). The first-order valence-corrected chi connectivity index (χ1v) is 15.3. The molecule has 0 aliphatic carbocycles. The van der Waals surface area contributed by atoms with Gasteiger partial charge in [0, 0.05) is 86.9 Å². The number of halogens is 2. The molecule has 1 aromatic carbocycles. The zero-order chi connectivity index (χ0) is 30.7. The molecule has 2 N–H and O–H groups in total. The molecule has 1 unspecified atom stereocenters. The molecule has 3 heterocycles. The number of benzene rings is 1. The molecule has 2 aromatic heterocycles. The van der Waals surface area contributed by atoms with Crippen molar-refractivity contribution in [2.45, 2.75) is 37.0 Å². The van der Waals surface area contributed by atoms with Gasteiger partial charge in [0.15, 0.2) is 0 Å². The summed E-state index contributed by atoms with van der Waals surface area (Å²) >= 11 is 0. The van der Waals surface area contributed by atoms with Crippen LogP contribution >= 0.6 is 0 Å². The predicted octanol–water partition coefficient (Wildman–Crippen LogP) is 4.73. The minimum Gasteiger partial charge on any atom is -0.465 e. The average Bonchev–Trinajstić information content (AvgIpc) is 3.27. The molecule has 14 heteroatoms. The summed E-state index contributed by atoms with van der Waals surface area (Å²) in [6.45, 7) is 2.30. The number of hydrogen-bond acceptors (Lipinski definition) is 7. The van der Waals surface area contributed by atoms with E-state index in [1.807, 2.05) is 0 Å². The quantitative estimate of drug-likeness (QED) is 0.380. The van der Waals surface area contributed by atoms with Gasteiger partial charge in [0.1, 0.15) is 5.82 Å². The Morgan fingerprint density at radius 3 is 2.69 bits per heavy atom. The number of carbonyl (C=O) groups excluding carboxylic acids is 1. The van der Waals surface area contributed by atoms with Gasteiger partial charge in [0.25, 0.3) is 5.91 Å². The zero-order valence-corrected chi connectivity index (χ0v) is 24.8. The highest BCUT2D eigenvalue weighted by atomic mass is 32.2. The molecule has 0 saturated carbocycles. The van der Waals surface area contributed by atoms with Gasteiger partial charge in [-0.1, -0.05) is 6.07 Å². The fourth-order valence-electron chi connectivity index (χ4n) is 4.77. The van der Waals surface area contributed by atoms with Crippen LogP contribution in [0.25, 0.3) is 11.1 Å². The fourth-order valence-corrected chi connectivity index (χ4v) is 6.02. The Morgan fingerprint density at radius 1 is 1.24 bits per heavy atom. The summed E-state index contributed by atoms with van der Waals surface area (Å²) < 4.78 is 47.5. The highest BCUT2D eigenvalue weighted by molar-refractivity contribution is 7.93. The second kappa shape index (κ2) is 12.4. The Labute approximate surface area is 243 Å². The van der Waals surface area contributed by atoms with E-state index in [9.17, 15) is 22.6 Å². The SMILES string of the molecule is Cc1c(-c2cnn(C)c2)cnc(N2CCCC(F)(F)CC2)c1C(=O)Nc1cccc(S(C)(=O)=NCCN(C)C(=O)O)c1. The van der Waals surface area contributed by atoms with Crippen LogP contribution in [0.5, 0.6) is 0 Å². The number of anilines is 2. The monoisotopic (exact) mass is 603 g/mol. The first kappa shape index (κ1) is 30.9. The van der Waals surface area contributed by atoms with Crippen molar-refractivity contribution in [2.24, 2.45) is 11.4 Å². The Bertz CT molecular complexity index is 1600. The van der Waals surface area contributed by atoms with Gasteiger partial charge in [-0.3, -0.25) is 9.48 Å². The normalized spacial score (nSPS) is 16.3. The summed E-state index contributed by atoms with van der Waals surface area (Å²) in [5.74, 6) is -2.94. The van der Waals surface area contributed by atoms with Gasteiger partial charge in [-0.05, 0) is 37.1 Å². The van der Waals surface area contributed by atoms with Crippen LogP contribution in [0.2, 0.25) is 0 Å². The summed E-state index contributed by atoms with van der Waals surface area (Å²) in [6, 6.07) is 6.47. The third-order valence-corrected chi connectivity index (χ3v) is 9.01. The van der Waals surface area contributed by atoms with Crippen molar-refractivity contribution in [3.8, 4) is 11.1 Å². The van der Waals surface area contributed by atoms with E-state index in [2.05, 4.69) is 19.8 Å². The predicted molar refractivity (Wildman–Crippen MR) is 157 cm³/mol. The van der Waals surface area contributed by atoms with E-state index in [0.29, 0.717) is 34.1 Å². The van der Waals surface area contributed by atoms with E-state index < -0.39 is 27.7 Å². The molecule has 226 valence electrons. The van der Waals surface area contributed by atoms with Gasteiger partial charge in [-0.2, -0.15) is 5.10 Å². The second-order valence-corrected chi connectivity index (χ2v) is 12.8. The average molecular weight is 604 g/mol. The lowest BCUT2D eigenvalue weighted by molar-refractivity contribution is -0.0102. The summed E-state index contributed by atoms with van der Waals surface area (Å²) in [5.41, 5.74) is 2.69. The van der Waals surface area contributed by atoms with E-state index in [0.717, 1.165) is 10.5 Å². The Morgan fingerprint density at radius 2 is 2.00 bits per heavy atom. The van der Waals surface area contributed by atoms with Crippen molar-refractivity contribution < 1.29 is 27.7 Å². The number of carboxylic acid groups (broad SMARTS) is 1. The van der Waals surface area contributed by atoms with Crippen LogP contribution in [0, 0.1) is 6.92 Å². The Hall–Kier alpha value is -4.07. The van der Waals surface area contributed by atoms with E-state index in [-0.39, 0.29) is 44.5 Å². The van der Waals surface area contributed by atoms with E-state index in [1.54, 1.807) is 66.4 Å². The molecule has 0 spiro atoms. The Kier molecular flexibility index (Phi) is 9.14. The van der Waals surface area contributed by atoms with Crippen molar-refractivity contribution in [3.63, 3.8) is 0 Å². The topological polar surface area (TPSA) is 133 Å². The first-order valence-electron chi connectivity index (χ1n) is 13.4. The number of hydrogen-bond donors (Lipinski definition) is 2. The lowest BCUT2D eigenvalue weighted by Crippen LogP contribution is -2.30. The lowest BCUT2D eigenvalue weighted by atomic mass is 9.99. The molecule has 42 heavy (non-hydrogen) atoms. The number of nitrogens with zero attached hydrogens (tertiary/aromatic N) is 6. The molecule has 1 atom stereocenters. The first-order chi connectivity index (χ1) is 19.8. The maximum atomic E-state index is 14.2. The third-order valence-electron chi connectivity index (χ3n) is 7.21. The number of alkyl halides is 2. The van der Waals surface area contributed by atoms with Crippen molar-refractivity contribution >= 4 is 33.2 Å². The molecule has 0 bridgehead atoms. The van der Waals surface area contributed by atoms with Crippen LogP contribution < -0.4 is 10.2 Å². The smallest absolute Gasteiger partial charge is 0.407 e. The molecule has 1 aliphatic heterocycles. The highest BCUT2D eigenvalue weighted by Gasteiger charge is 2.33. The van der Waals surface area contributed by atoms with Crippen molar-refractivity contribution in [2.75, 3.05) is 49.7 Å². The number of amides is 2. The summed E-state index contributed by atoms with van der Waals surface area (Å²) in [7, 11) is 0.288. The third kappa shape index (κ3) is 7.22. The lowest BCUT2D eigenvalue weighted by Gasteiger charge is -2.26. The molecule has 0 radical (unpaired) electrons. The largest absolute Gasteiger partial charge is 0.465 e. The van der Waals surface area contributed by atoms with E-state index in [4.69, 9.17) is 5.11 Å². The van der Waals surface area contributed by atoms with Crippen LogP contribution in [-0.2, 0) is 16.8 Å². The molecule has 2 amide bonds. The number of aryl methyl sites for hydroxylation is 1. The van der Waals surface area contributed by atoms with Crippen LogP contribution in [0.15, 0.2) is 52.1 Å². The van der Waals surface area contributed by atoms with Gasteiger partial charge >= 0.3 is 6.09 Å².